The van der Waals surface area contributed by atoms with E-state index >= 15 is 0 Å². The van der Waals surface area contributed by atoms with Crippen molar-refractivity contribution in [2.45, 2.75) is 115 Å². The van der Waals surface area contributed by atoms with Crippen molar-refractivity contribution < 1.29 is 62.3 Å². The zero-order chi connectivity index (χ0) is 38.7. The molecule has 11 nitrogen and oxygen atoms in total. The summed E-state index contributed by atoms with van der Waals surface area (Å²) in [5, 5.41) is 42.0. The van der Waals surface area contributed by atoms with Crippen LogP contribution in [0.2, 0.25) is 0 Å². The highest BCUT2D eigenvalue weighted by Gasteiger charge is 2.49. The van der Waals surface area contributed by atoms with Gasteiger partial charge in [0.05, 0.1) is 17.9 Å². The minimum absolute atomic E-state index is 0.0834. The van der Waals surface area contributed by atoms with Gasteiger partial charge in [-0.25, -0.2) is 9.59 Å². The molecule has 0 aliphatic rings. The van der Waals surface area contributed by atoms with Crippen LogP contribution in [-0.2, 0) is 36.6 Å². The molecular weight excluding hydrogens is 687 g/mol. The van der Waals surface area contributed by atoms with Gasteiger partial charge >= 0.3 is 24.1 Å². The third-order valence-electron chi connectivity index (χ3n) is 8.43. The number of hydrogen-bond acceptors (Lipinski definition) is 7. The fourth-order valence-electron chi connectivity index (χ4n) is 5.50. The maximum absolute atomic E-state index is 13.4. The first kappa shape index (κ1) is 43.4. The Morgan fingerprint density at radius 2 is 1.44 bits per heavy atom. The lowest BCUT2D eigenvalue weighted by atomic mass is 9.82. The van der Waals surface area contributed by atoms with Gasteiger partial charge in [-0.1, -0.05) is 75.8 Å². The van der Waals surface area contributed by atoms with Gasteiger partial charge in [-0.15, -0.1) is 0 Å². The van der Waals surface area contributed by atoms with E-state index in [9.17, 15) is 57.6 Å². The van der Waals surface area contributed by atoms with E-state index in [4.69, 9.17) is 4.74 Å². The predicted octanol–water partition coefficient (Wildman–Crippen LogP) is 7.34. The van der Waals surface area contributed by atoms with Gasteiger partial charge in [0.15, 0.2) is 5.60 Å². The molecular formula is C38H48F3NO10. The Labute approximate surface area is 300 Å². The number of nitrogens with one attached hydrogen (secondary N) is 1. The van der Waals surface area contributed by atoms with Gasteiger partial charge < -0.3 is 30.5 Å². The lowest BCUT2D eigenvalue weighted by Gasteiger charge is -2.29. The van der Waals surface area contributed by atoms with Gasteiger partial charge in [0.25, 0.3) is 0 Å². The third kappa shape index (κ3) is 15.3. The normalized spacial score (nSPS) is 13.9. The van der Waals surface area contributed by atoms with Crippen LogP contribution in [0.4, 0.5) is 13.2 Å². The second kappa shape index (κ2) is 21.6. The lowest BCUT2D eigenvalue weighted by Crippen LogP contribution is -2.55. The molecule has 2 aromatic carbocycles. The standard InChI is InChI=1S/C38H48F3NO10/c1-2-3-4-7-10-15-28(43)16-11-8-5-6-9-12-18-31(37(51,36(49)50)25-33(44)45)34(46)42-32(35(47)48)23-26-19-21-29(22-20-26)52-30-17-13-14-27(24-30)38(39,40)41/h12-14,17-22,24,31-32,51H,2-11,15-16,23,25H2,1H3,(H,42,46)(H,44,45)(H,47,48)(H,49,50)/b18-12+/t31-,32-,37-/m0/s1. The van der Waals surface area contributed by atoms with Crippen LogP contribution in [0.5, 0.6) is 11.5 Å². The van der Waals surface area contributed by atoms with Crippen molar-refractivity contribution in [1.29, 1.82) is 0 Å². The van der Waals surface area contributed by atoms with Crippen molar-refractivity contribution in [2.24, 2.45) is 5.92 Å². The molecule has 0 saturated carbocycles. The quantitative estimate of drug-likeness (QED) is 0.0510. The lowest BCUT2D eigenvalue weighted by molar-refractivity contribution is -0.172. The summed E-state index contributed by atoms with van der Waals surface area (Å²) >= 11 is 0. The first-order valence-electron chi connectivity index (χ1n) is 17.4. The molecule has 1 amide bonds. The average Bonchev–Trinajstić information content (AvgIpc) is 3.07. The SMILES string of the molecule is CCCCCCCC(=O)CCCCCC/C=C/[C@@H](C(=O)N[C@@H](Cc1ccc(Oc2cccc(C(F)(F)F)c2)cc1)C(=O)O)[C@@](O)(CC(=O)O)C(=O)O. The average molecular weight is 736 g/mol. The monoisotopic (exact) mass is 735 g/mol. The number of carbonyl (C=O) groups excluding carboxylic acids is 2. The highest BCUT2D eigenvalue weighted by atomic mass is 19.4. The van der Waals surface area contributed by atoms with Crippen molar-refractivity contribution in [2.75, 3.05) is 0 Å². The largest absolute Gasteiger partial charge is 0.481 e. The smallest absolute Gasteiger partial charge is 0.416 e. The van der Waals surface area contributed by atoms with Crippen LogP contribution < -0.4 is 10.1 Å². The summed E-state index contributed by atoms with van der Waals surface area (Å²) in [5.74, 6) is -8.10. The molecule has 0 fully saturated rings. The molecule has 0 heterocycles. The number of hydrogen-bond donors (Lipinski definition) is 5. The van der Waals surface area contributed by atoms with E-state index < -0.39 is 59.5 Å². The number of amides is 1. The first-order chi connectivity index (χ1) is 24.6. The molecule has 286 valence electrons. The van der Waals surface area contributed by atoms with E-state index in [1.807, 2.05) is 0 Å². The van der Waals surface area contributed by atoms with Crippen LogP contribution in [0, 0.1) is 5.92 Å². The van der Waals surface area contributed by atoms with E-state index in [2.05, 4.69) is 12.2 Å². The fourth-order valence-corrected chi connectivity index (χ4v) is 5.50. The summed E-state index contributed by atoms with van der Waals surface area (Å²) in [6.07, 6.45) is 5.88. The molecule has 14 heteroatoms. The predicted molar refractivity (Wildman–Crippen MR) is 185 cm³/mol. The highest BCUT2D eigenvalue weighted by Crippen LogP contribution is 2.33. The summed E-state index contributed by atoms with van der Waals surface area (Å²) < 4.78 is 44.6. The molecule has 0 saturated heterocycles. The summed E-state index contributed by atoms with van der Waals surface area (Å²) in [4.78, 5) is 61.1. The summed E-state index contributed by atoms with van der Waals surface area (Å²) in [5.41, 5.74) is -3.66. The minimum Gasteiger partial charge on any atom is -0.481 e. The summed E-state index contributed by atoms with van der Waals surface area (Å²) in [7, 11) is 0. The van der Waals surface area contributed by atoms with Crippen LogP contribution in [0.25, 0.3) is 0 Å². The summed E-state index contributed by atoms with van der Waals surface area (Å²) in [6.45, 7) is 2.13. The number of aliphatic hydroxyl groups is 1. The first-order valence-corrected chi connectivity index (χ1v) is 17.4. The zero-order valence-electron chi connectivity index (χ0n) is 29.2. The number of halogens is 3. The molecule has 2 rings (SSSR count). The van der Waals surface area contributed by atoms with Gasteiger partial charge in [-0.2, -0.15) is 13.2 Å². The molecule has 0 unspecified atom stereocenters. The van der Waals surface area contributed by atoms with Crippen LogP contribution >= 0.6 is 0 Å². The molecule has 0 aromatic heterocycles. The maximum atomic E-state index is 13.4. The second-order valence-electron chi connectivity index (χ2n) is 12.7. The van der Waals surface area contributed by atoms with Gasteiger partial charge in [0, 0.05) is 19.3 Å². The van der Waals surface area contributed by atoms with Crippen molar-refractivity contribution in [3.05, 3.63) is 71.8 Å². The molecule has 0 radical (unpaired) electrons. The van der Waals surface area contributed by atoms with E-state index in [-0.39, 0.29) is 23.7 Å². The zero-order valence-corrected chi connectivity index (χ0v) is 29.2. The summed E-state index contributed by atoms with van der Waals surface area (Å²) in [6, 6.07) is 8.18. The number of rotatable bonds is 25. The van der Waals surface area contributed by atoms with E-state index in [1.165, 1.54) is 48.9 Å². The van der Waals surface area contributed by atoms with Crippen LogP contribution in [0.1, 0.15) is 102 Å². The number of carboxylic acid groups (broad SMARTS) is 3. The van der Waals surface area contributed by atoms with Crippen molar-refractivity contribution in [3.63, 3.8) is 0 Å². The van der Waals surface area contributed by atoms with Gasteiger partial charge in [-0.05, 0) is 61.6 Å². The van der Waals surface area contributed by atoms with Crippen LogP contribution in [0.3, 0.4) is 0 Å². The number of unbranched alkanes of at least 4 members (excludes halogenated alkanes) is 8. The van der Waals surface area contributed by atoms with Crippen LogP contribution in [-0.4, -0.2) is 61.7 Å². The number of Topliss-reactive ketones (excluding diaryl/α,β-unsaturated/α-hetero) is 1. The number of ether oxygens (including phenoxy) is 1. The topological polar surface area (TPSA) is 188 Å². The molecule has 0 aliphatic heterocycles. The Bertz CT molecular complexity index is 1510. The Balaban J connectivity index is 2.04. The van der Waals surface area contributed by atoms with Crippen molar-refractivity contribution >= 4 is 29.6 Å². The highest BCUT2D eigenvalue weighted by molar-refractivity contribution is 5.94. The second-order valence-corrected chi connectivity index (χ2v) is 12.7. The molecule has 3 atom stereocenters. The molecule has 0 spiro atoms. The Morgan fingerprint density at radius 3 is 2.00 bits per heavy atom. The number of carboxylic acids is 3. The van der Waals surface area contributed by atoms with Gasteiger partial charge in [-0.3, -0.25) is 14.4 Å². The Morgan fingerprint density at radius 1 is 0.827 bits per heavy atom. The molecule has 0 bridgehead atoms. The van der Waals surface area contributed by atoms with Crippen LogP contribution in [0.15, 0.2) is 60.7 Å². The van der Waals surface area contributed by atoms with Crippen molar-refractivity contribution in [1.82, 2.24) is 5.32 Å². The molecule has 5 N–H and O–H groups in total. The van der Waals surface area contributed by atoms with Gasteiger partial charge in [0.2, 0.25) is 5.91 Å². The Hall–Kier alpha value is -4.72. The van der Waals surface area contributed by atoms with Crippen molar-refractivity contribution in [3.8, 4) is 11.5 Å². The molecule has 0 aliphatic carbocycles. The molecule has 52 heavy (non-hydrogen) atoms. The molecule has 2 aromatic rings. The van der Waals surface area contributed by atoms with E-state index in [1.54, 1.807) is 0 Å². The maximum Gasteiger partial charge on any atom is 0.416 e. The minimum atomic E-state index is -4.57. The fraction of sp³-hybridized carbons (Fsp3) is 0.500. The number of ketones is 1. The third-order valence-corrected chi connectivity index (χ3v) is 8.43. The number of allylic oxidation sites excluding steroid dienone is 1. The number of alkyl halides is 3. The Kier molecular flexibility index (Phi) is 18.0. The van der Waals surface area contributed by atoms with E-state index in [0.717, 1.165) is 63.2 Å². The van der Waals surface area contributed by atoms with Gasteiger partial charge in [0.1, 0.15) is 23.3 Å². The number of aliphatic carboxylic acids is 3. The number of benzene rings is 2. The van der Waals surface area contributed by atoms with E-state index in [0.29, 0.717) is 31.2 Å². The number of carbonyl (C=O) groups is 5.